The monoisotopic (exact) mass is 533 g/mol. The van der Waals surface area contributed by atoms with E-state index in [4.69, 9.17) is 21.1 Å². The molecule has 1 atom stereocenters. The minimum absolute atomic E-state index is 0.0102. The summed E-state index contributed by atoms with van der Waals surface area (Å²) >= 11 is 6.40. The lowest BCUT2D eigenvalue weighted by Gasteiger charge is -2.26. The molecular weight excluding hydrogens is 502 g/mol. The summed E-state index contributed by atoms with van der Waals surface area (Å²) in [6.07, 6.45) is 0. The molecule has 6 nitrogen and oxygen atoms in total. The number of amides is 1. The Morgan fingerprint density at radius 2 is 1.79 bits per heavy atom. The maximum Gasteiger partial charge on any atom is 0.300 e. The van der Waals surface area contributed by atoms with Gasteiger partial charge in [-0.2, -0.15) is 0 Å². The molecule has 3 aromatic carbocycles. The van der Waals surface area contributed by atoms with Crippen LogP contribution < -0.4 is 14.4 Å². The van der Waals surface area contributed by atoms with Crippen LogP contribution in [0, 0.1) is 6.92 Å². The van der Waals surface area contributed by atoms with Gasteiger partial charge in [0, 0.05) is 21.8 Å². The second-order valence-corrected chi connectivity index (χ2v) is 10.7. The molecule has 7 heteroatoms. The highest BCUT2D eigenvalue weighted by Gasteiger charge is 2.47. The quantitative estimate of drug-likeness (QED) is 0.210. The highest BCUT2D eigenvalue weighted by atomic mass is 35.5. The van der Waals surface area contributed by atoms with Crippen molar-refractivity contribution in [3.8, 4) is 11.5 Å². The topological polar surface area (TPSA) is 76.1 Å². The van der Waals surface area contributed by atoms with Crippen molar-refractivity contribution in [3.05, 3.63) is 93.5 Å². The van der Waals surface area contributed by atoms with Crippen molar-refractivity contribution < 1.29 is 24.2 Å². The summed E-state index contributed by atoms with van der Waals surface area (Å²) in [6.45, 7) is 10.4. The Hall–Kier alpha value is -3.77. The number of aliphatic hydroxyl groups is 1. The zero-order valence-corrected chi connectivity index (χ0v) is 23.2. The summed E-state index contributed by atoms with van der Waals surface area (Å²) in [4.78, 5) is 28.4. The standard InChI is InChI=1S/C31H32ClNO5/c1-7-38-25-14-12-20(16-23(25)31(3,4)5)28(34)26-27(19-9-8-10-22(15-19)37-6)33(30(36)29(26)35)21-13-11-18(2)24(32)17-21/h8-17,27,34H,7H2,1-6H3/b28-26-. The second-order valence-electron chi connectivity index (χ2n) is 10.3. The molecule has 0 saturated carbocycles. The third-order valence-corrected chi connectivity index (χ3v) is 7.06. The number of carbonyl (C=O) groups is 2. The van der Waals surface area contributed by atoms with Crippen molar-refractivity contribution >= 4 is 34.7 Å². The van der Waals surface area contributed by atoms with Crippen LogP contribution in [0.15, 0.2) is 66.2 Å². The van der Waals surface area contributed by atoms with E-state index in [-0.39, 0.29) is 16.7 Å². The lowest BCUT2D eigenvalue weighted by Crippen LogP contribution is -2.29. The van der Waals surface area contributed by atoms with E-state index in [0.29, 0.717) is 39.9 Å². The molecule has 1 unspecified atom stereocenters. The minimum Gasteiger partial charge on any atom is -0.507 e. The third kappa shape index (κ3) is 5.01. The van der Waals surface area contributed by atoms with E-state index in [9.17, 15) is 14.7 Å². The van der Waals surface area contributed by atoms with Crippen LogP contribution in [0.3, 0.4) is 0 Å². The molecule has 1 amide bonds. The van der Waals surface area contributed by atoms with Crippen LogP contribution in [0.2, 0.25) is 5.02 Å². The van der Waals surface area contributed by atoms with E-state index in [2.05, 4.69) is 0 Å². The van der Waals surface area contributed by atoms with Gasteiger partial charge in [0.25, 0.3) is 11.7 Å². The van der Waals surface area contributed by atoms with Crippen molar-refractivity contribution in [2.45, 2.75) is 46.1 Å². The van der Waals surface area contributed by atoms with Crippen LogP contribution >= 0.6 is 11.6 Å². The molecule has 1 aliphatic rings. The molecule has 1 aliphatic heterocycles. The molecule has 0 bridgehead atoms. The number of rotatable bonds is 6. The van der Waals surface area contributed by atoms with Gasteiger partial charge >= 0.3 is 0 Å². The smallest absolute Gasteiger partial charge is 0.300 e. The molecule has 0 spiro atoms. The van der Waals surface area contributed by atoms with Gasteiger partial charge in [0.05, 0.1) is 25.3 Å². The summed E-state index contributed by atoms with van der Waals surface area (Å²) in [5.41, 5.74) is 2.91. The van der Waals surface area contributed by atoms with E-state index in [1.54, 1.807) is 61.7 Å². The van der Waals surface area contributed by atoms with E-state index in [1.807, 2.05) is 40.7 Å². The Balaban J connectivity index is 1.97. The number of hydrogen-bond donors (Lipinski definition) is 1. The van der Waals surface area contributed by atoms with Gasteiger partial charge < -0.3 is 14.6 Å². The normalized spacial score (nSPS) is 17.1. The highest BCUT2D eigenvalue weighted by molar-refractivity contribution is 6.51. The van der Waals surface area contributed by atoms with Gasteiger partial charge in [-0.15, -0.1) is 0 Å². The van der Waals surface area contributed by atoms with Crippen molar-refractivity contribution in [2.75, 3.05) is 18.6 Å². The van der Waals surface area contributed by atoms with Gasteiger partial charge in [-0.3, -0.25) is 14.5 Å². The largest absolute Gasteiger partial charge is 0.507 e. The van der Waals surface area contributed by atoms with Crippen LogP contribution in [0.4, 0.5) is 5.69 Å². The van der Waals surface area contributed by atoms with Gasteiger partial charge in [-0.05, 0) is 72.9 Å². The predicted octanol–water partition coefficient (Wildman–Crippen LogP) is 6.98. The van der Waals surface area contributed by atoms with Crippen LogP contribution in [-0.4, -0.2) is 30.5 Å². The molecule has 4 rings (SSSR count). The Labute approximate surface area is 228 Å². The number of aliphatic hydroxyl groups excluding tert-OH is 1. The van der Waals surface area contributed by atoms with Gasteiger partial charge in [0.15, 0.2) is 0 Å². The summed E-state index contributed by atoms with van der Waals surface area (Å²) in [5, 5.41) is 12.1. The number of halogens is 1. The number of ketones is 1. The molecule has 0 aliphatic carbocycles. The summed E-state index contributed by atoms with van der Waals surface area (Å²) in [5.74, 6) is -0.522. The van der Waals surface area contributed by atoms with Crippen molar-refractivity contribution in [1.82, 2.24) is 0 Å². The maximum atomic E-state index is 13.5. The van der Waals surface area contributed by atoms with Crippen LogP contribution in [0.5, 0.6) is 11.5 Å². The maximum absolute atomic E-state index is 13.5. The molecule has 3 aromatic rings. The molecular formula is C31H32ClNO5. The minimum atomic E-state index is -0.895. The van der Waals surface area contributed by atoms with Gasteiger partial charge in [-0.25, -0.2) is 0 Å². The number of carbonyl (C=O) groups excluding carboxylic acids is 2. The van der Waals surface area contributed by atoms with Gasteiger partial charge in [-0.1, -0.05) is 50.6 Å². The zero-order chi connectivity index (χ0) is 27.8. The Bertz CT molecular complexity index is 1440. The number of ether oxygens (including phenoxy) is 2. The molecule has 0 aromatic heterocycles. The number of anilines is 1. The molecule has 1 saturated heterocycles. The summed E-state index contributed by atoms with van der Waals surface area (Å²) in [6, 6.07) is 16.7. The molecule has 38 heavy (non-hydrogen) atoms. The third-order valence-electron chi connectivity index (χ3n) is 6.65. The summed E-state index contributed by atoms with van der Waals surface area (Å²) in [7, 11) is 1.55. The molecule has 1 N–H and O–H groups in total. The zero-order valence-electron chi connectivity index (χ0n) is 22.5. The summed E-state index contributed by atoms with van der Waals surface area (Å²) < 4.78 is 11.2. The lowest BCUT2D eigenvalue weighted by molar-refractivity contribution is -0.132. The van der Waals surface area contributed by atoms with E-state index in [1.165, 1.54) is 4.90 Å². The van der Waals surface area contributed by atoms with E-state index < -0.39 is 17.7 Å². The van der Waals surface area contributed by atoms with Crippen molar-refractivity contribution in [2.24, 2.45) is 0 Å². The highest BCUT2D eigenvalue weighted by Crippen LogP contribution is 2.44. The molecule has 1 fully saturated rings. The van der Waals surface area contributed by atoms with Gasteiger partial charge in [0.2, 0.25) is 0 Å². The Morgan fingerprint density at radius 3 is 2.42 bits per heavy atom. The van der Waals surface area contributed by atoms with E-state index in [0.717, 1.165) is 11.1 Å². The first-order chi connectivity index (χ1) is 18.0. The first-order valence-electron chi connectivity index (χ1n) is 12.5. The fraction of sp³-hybridized carbons (Fsp3) is 0.290. The van der Waals surface area contributed by atoms with Crippen LogP contribution in [0.25, 0.3) is 5.76 Å². The number of aryl methyl sites for hydroxylation is 1. The second kappa shape index (κ2) is 10.5. The van der Waals surface area contributed by atoms with Crippen LogP contribution in [0.1, 0.15) is 56.0 Å². The fourth-order valence-electron chi connectivity index (χ4n) is 4.66. The fourth-order valence-corrected chi connectivity index (χ4v) is 4.83. The first-order valence-corrected chi connectivity index (χ1v) is 12.8. The number of methoxy groups -OCH3 is 1. The van der Waals surface area contributed by atoms with Gasteiger partial charge in [0.1, 0.15) is 17.3 Å². The average Bonchev–Trinajstić information content (AvgIpc) is 3.15. The molecule has 198 valence electrons. The van der Waals surface area contributed by atoms with E-state index >= 15 is 0 Å². The van der Waals surface area contributed by atoms with Crippen molar-refractivity contribution in [1.29, 1.82) is 0 Å². The number of hydrogen-bond acceptors (Lipinski definition) is 5. The first kappa shape index (κ1) is 27.3. The number of Topliss-reactive ketones (excluding diaryl/α,β-unsaturated/α-hetero) is 1. The SMILES string of the molecule is CCOc1ccc(/C(O)=C2/C(=O)C(=O)N(c3ccc(C)c(Cl)c3)C2c2cccc(OC)c2)cc1C(C)(C)C. The van der Waals surface area contributed by atoms with Crippen molar-refractivity contribution in [3.63, 3.8) is 0 Å². The molecule has 1 heterocycles. The lowest BCUT2D eigenvalue weighted by atomic mass is 9.84. The number of benzene rings is 3. The predicted molar refractivity (Wildman–Crippen MR) is 150 cm³/mol. The number of nitrogens with zero attached hydrogens (tertiary/aromatic N) is 1. The molecule has 0 radical (unpaired) electrons. The van der Waals surface area contributed by atoms with Crippen LogP contribution in [-0.2, 0) is 15.0 Å². The Morgan fingerprint density at radius 1 is 1.05 bits per heavy atom. The Kier molecular flexibility index (Phi) is 7.56. The average molecular weight is 534 g/mol.